The minimum absolute atomic E-state index is 0.675. The largest absolute Gasteiger partial charge is 0.456 e. The smallest absolute Gasteiger partial charge is 0.160 e. The Morgan fingerprint density at radius 2 is 0.758 bits per heavy atom. The molecule has 0 saturated heterocycles. The van der Waals surface area contributed by atoms with Crippen LogP contribution in [0.25, 0.3) is 122 Å². The van der Waals surface area contributed by atoms with Gasteiger partial charge in [0.25, 0.3) is 0 Å². The zero-order valence-electron chi connectivity index (χ0n) is 33.5. The number of para-hydroxylation sites is 2. The average molecular weight is 793 g/mol. The van der Waals surface area contributed by atoms with E-state index in [1.165, 1.54) is 0 Å². The van der Waals surface area contributed by atoms with Crippen molar-refractivity contribution in [3.8, 4) is 78.4 Å². The zero-order valence-corrected chi connectivity index (χ0v) is 33.5. The summed E-state index contributed by atoms with van der Waals surface area (Å²) in [6.45, 7) is 0. The van der Waals surface area contributed by atoms with Crippen molar-refractivity contribution in [3.63, 3.8) is 0 Å². The van der Waals surface area contributed by atoms with E-state index in [2.05, 4.69) is 176 Å². The lowest BCUT2D eigenvalue weighted by Crippen LogP contribution is -1.96. The molecule has 9 aromatic carbocycles. The first-order valence-corrected chi connectivity index (χ1v) is 20.9. The average Bonchev–Trinajstić information content (AvgIpc) is 3.94. The minimum atomic E-state index is 0.675. The highest BCUT2D eigenvalue weighted by Crippen LogP contribution is 2.45. The van der Waals surface area contributed by atoms with E-state index < -0.39 is 0 Å². The predicted molar refractivity (Wildman–Crippen MR) is 255 cm³/mol. The first kappa shape index (κ1) is 35.6. The standard InChI is InChI=1S/C58H36N2O2/c1-4-15-37(16-5-1)42-33-43(38-17-6-2-7-18-38)35-44(34-42)51-36-50(59-58(60-51)41-19-8-3-9-20-41)40-29-27-39(28-30-40)45-31-32-47(56-49-22-11-13-25-53(49)62-57(45)56)46-23-14-26-54-55(46)48-21-10-12-24-52(48)61-54/h1-36H. The summed E-state index contributed by atoms with van der Waals surface area (Å²) in [7, 11) is 0. The van der Waals surface area contributed by atoms with E-state index in [0.717, 1.165) is 116 Å². The first-order valence-electron chi connectivity index (χ1n) is 20.9. The fourth-order valence-electron chi connectivity index (χ4n) is 8.93. The molecular weight excluding hydrogens is 757 g/mol. The molecule has 0 aliphatic carbocycles. The molecule has 0 aliphatic rings. The number of rotatable bonds is 7. The molecule has 290 valence electrons. The first-order chi connectivity index (χ1) is 30.7. The van der Waals surface area contributed by atoms with E-state index in [1.807, 2.05) is 42.5 Å². The molecule has 0 radical (unpaired) electrons. The summed E-state index contributed by atoms with van der Waals surface area (Å²) in [5.41, 5.74) is 17.0. The molecule has 0 bridgehead atoms. The minimum Gasteiger partial charge on any atom is -0.456 e. The summed E-state index contributed by atoms with van der Waals surface area (Å²) in [6.07, 6.45) is 0. The molecule has 0 aliphatic heterocycles. The molecule has 12 aromatic rings. The maximum absolute atomic E-state index is 6.76. The molecule has 0 fully saturated rings. The number of nitrogens with zero attached hydrogens (tertiary/aromatic N) is 2. The zero-order chi connectivity index (χ0) is 41.0. The van der Waals surface area contributed by atoms with Gasteiger partial charge in [0.15, 0.2) is 5.82 Å². The van der Waals surface area contributed by atoms with Crippen LogP contribution in [-0.2, 0) is 0 Å². The number of fused-ring (bicyclic) bond motifs is 6. The second-order valence-corrected chi connectivity index (χ2v) is 15.7. The van der Waals surface area contributed by atoms with Crippen LogP contribution in [-0.4, -0.2) is 9.97 Å². The summed E-state index contributed by atoms with van der Waals surface area (Å²) >= 11 is 0. The molecular formula is C58H36N2O2. The van der Waals surface area contributed by atoms with Gasteiger partial charge in [-0.3, -0.25) is 0 Å². The van der Waals surface area contributed by atoms with Gasteiger partial charge in [-0.1, -0.05) is 170 Å². The predicted octanol–water partition coefficient (Wildman–Crippen LogP) is 15.9. The van der Waals surface area contributed by atoms with E-state index >= 15 is 0 Å². The maximum Gasteiger partial charge on any atom is 0.160 e. The quantitative estimate of drug-likeness (QED) is 0.161. The molecule has 4 nitrogen and oxygen atoms in total. The summed E-state index contributed by atoms with van der Waals surface area (Å²) < 4.78 is 13.1. The van der Waals surface area contributed by atoms with Crippen molar-refractivity contribution in [1.82, 2.24) is 9.97 Å². The number of aromatic nitrogens is 2. The van der Waals surface area contributed by atoms with Crippen molar-refractivity contribution in [2.75, 3.05) is 0 Å². The van der Waals surface area contributed by atoms with Crippen molar-refractivity contribution in [2.24, 2.45) is 0 Å². The van der Waals surface area contributed by atoms with Crippen LogP contribution in [0.3, 0.4) is 0 Å². The Labute approximate surface area is 358 Å². The third kappa shape index (κ3) is 6.16. The third-order valence-corrected chi connectivity index (χ3v) is 11.9. The fourth-order valence-corrected chi connectivity index (χ4v) is 8.93. The monoisotopic (exact) mass is 792 g/mol. The number of benzene rings is 9. The topological polar surface area (TPSA) is 52.1 Å². The summed E-state index contributed by atoms with van der Waals surface area (Å²) in [6, 6.07) is 76.1. The van der Waals surface area contributed by atoms with Crippen molar-refractivity contribution < 1.29 is 8.83 Å². The summed E-state index contributed by atoms with van der Waals surface area (Å²) in [4.78, 5) is 10.4. The maximum atomic E-state index is 6.76. The van der Waals surface area contributed by atoms with Crippen molar-refractivity contribution in [1.29, 1.82) is 0 Å². The third-order valence-electron chi connectivity index (χ3n) is 11.9. The lowest BCUT2D eigenvalue weighted by Gasteiger charge is -2.13. The summed E-state index contributed by atoms with van der Waals surface area (Å²) in [5, 5.41) is 4.37. The lowest BCUT2D eigenvalue weighted by atomic mass is 9.92. The van der Waals surface area contributed by atoms with Crippen LogP contribution in [0, 0.1) is 0 Å². The van der Waals surface area contributed by atoms with Crippen LogP contribution in [0.2, 0.25) is 0 Å². The van der Waals surface area contributed by atoms with Gasteiger partial charge >= 0.3 is 0 Å². The van der Waals surface area contributed by atoms with Gasteiger partial charge in [0.1, 0.15) is 22.3 Å². The van der Waals surface area contributed by atoms with Crippen LogP contribution in [0.5, 0.6) is 0 Å². The van der Waals surface area contributed by atoms with Gasteiger partial charge in [-0.2, -0.15) is 0 Å². The SMILES string of the molecule is c1ccc(-c2cc(-c3ccccc3)cc(-c3cc(-c4ccc(-c5ccc(-c6cccc7oc8ccccc8c67)c6c5oc5ccccc56)cc4)nc(-c4ccccc4)n3)c2)cc1. The highest BCUT2D eigenvalue weighted by Gasteiger charge is 2.21. The molecule has 0 unspecified atom stereocenters. The van der Waals surface area contributed by atoms with Gasteiger partial charge in [0.05, 0.1) is 11.4 Å². The second-order valence-electron chi connectivity index (χ2n) is 15.7. The van der Waals surface area contributed by atoms with Gasteiger partial charge in [-0.05, 0) is 87.5 Å². The summed E-state index contributed by atoms with van der Waals surface area (Å²) in [5.74, 6) is 0.675. The van der Waals surface area contributed by atoms with Gasteiger partial charge in [0.2, 0.25) is 0 Å². The van der Waals surface area contributed by atoms with Crippen LogP contribution in [0.15, 0.2) is 227 Å². The molecule has 12 rings (SSSR count). The normalized spacial score (nSPS) is 11.5. The lowest BCUT2D eigenvalue weighted by molar-refractivity contribution is 0.668. The van der Waals surface area contributed by atoms with E-state index in [9.17, 15) is 0 Å². The molecule has 0 atom stereocenters. The van der Waals surface area contributed by atoms with E-state index in [-0.39, 0.29) is 0 Å². The molecule has 0 N–H and O–H groups in total. The molecule has 0 amide bonds. The number of hydrogen-bond donors (Lipinski definition) is 0. The molecule has 62 heavy (non-hydrogen) atoms. The van der Waals surface area contributed by atoms with Gasteiger partial charge in [0, 0.05) is 43.8 Å². The molecule has 3 heterocycles. The number of furan rings is 2. The van der Waals surface area contributed by atoms with E-state index in [4.69, 9.17) is 18.8 Å². The van der Waals surface area contributed by atoms with Gasteiger partial charge in [-0.25, -0.2) is 9.97 Å². The second kappa shape index (κ2) is 14.7. The van der Waals surface area contributed by atoms with E-state index in [1.54, 1.807) is 0 Å². The molecule has 4 heteroatoms. The number of hydrogen-bond acceptors (Lipinski definition) is 4. The van der Waals surface area contributed by atoms with Crippen molar-refractivity contribution in [2.45, 2.75) is 0 Å². The molecule has 0 spiro atoms. The van der Waals surface area contributed by atoms with Crippen molar-refractivity contribution >= 4 is 43.9 Å². The highest BCUT2D eigenvalue weighted by atomic mass is 16.3. The Morgan fingerprint density at radius 3 is 1.42 bits per heavy atom. The van der Waals surface area contributed by atoms with Crippen LogP contribution in [0.4, 0.5) is 0 Å². The van der Waals surface area contributed by atoms with Crippen LogP contribution >= 0.6 is 0 Å². The molecule has 0 saturated carbocycles. The Bertz CT molecular complexity index is 3550. The van der Waals surface area contributed by atoms with E-state index in [0.29, 0.717) is 5.82 Å². The Kier molecular flexibility index (Phi) is 8.46. The van der Waals surface area contributed by atoms with Gasteiger partial charge in [-0.15, -0.1) is 0 Å². The highest BCUT2D eigenvalue weighted by molar-refractivity contribution is 6.21. The van der Waals surface area contributed by atoms with Crippen molar-refractivity contribution in [3.05, 3.63) is 218 Å². The Balaban J connectivity index is 0.996. The van der Waals surface area contributed by atoms with Crippen LogP contribution in [0.1, 0.15) is 0 Å². The van der Waals surface area contributed by atoms with Crippen LogP contribution < -0.4 is 0 Å². The van der Waals surface area contributed by atoms with Gasteiger partial charge < -0.3 is 8.83 Å². The molecule has 3 aromatic heterocycles. The Hall–Kier alpha value is -8.34. The fraction of sp³-hybridized carbons (Fsp3) is 0. The Morgan fingerprint density at radius 1 is 0.274 bits per heavy atom.